The first-order valence-corrected chi connectivity index (χ1v) is 8.09. The molecule has 0 amide bonds. The molecular formula is C17H27N3O3. The molecule has 0 bridgehead atoms. The average molecular weight is 321 g/mol. The Labute approximate surface area is 138 Å². The van der Waals surface area contributed by atoms with E-state index >= 15 is 0 Å². The van der Waals surface area contributed by atoms with E-state index in [1.54, 1.807) is 14.2 Å². The summed E-state index contributed by atoms with van der Waals surface area (Å²) in [4.78, 5) is 4.34. The second-order valence-corrected chi connectivity index (χ2v) is 5.56. The number of nitrogens with zero attached hydrogens (tertiary/aromatic N) is 1. The van der Waals surface area contributed by atoms with Gasteiger partial charge in [-0.05, 0) is 43.4 Å². The number of hydrogen-bond donors (Lipinski definition) is 2. The molecule has 6 nitrogen and oxygen atoms in total. The first kappa shape index (κ1) is 17.4. The molecule has 0 spiro atoms. The summed E-state index contributed by atoms with van der Waals surface area (Å²) in [6.07, 6.45) is 4.44. The predicted octanol–water partition coefficient (Wildman–Crippen LogP) is 1.72. The first-order valence-electron chi connectivity index (χ1n) is 8.09. The van der Waals surface area contributed by atoms with E-state index in [2.05, 4.69) is 10.3 Å². The summed E-state index contributed by atoms with van der Waals surface area (Å²) in [5.41, 5.74) is 7.03. The molecule has 0 aromatic heterocycles. The number of benzene rings is 1. The highest BCUT2D eigenvalue weighted by molar-refractivity contribution is 5.77. The Balaban J connectivity index is 1.71. The van der Waals surface area contributed by atoms with Crippen LogP contribution in [0, 0.1) is 0 Å². The third-order valence-electron chi connectivity index (χ3n) is 3.92. The van der Waals surface area contributed by atoms with Crippen LogP contribution >= 0.6 is 0 Å². The van der Waals surface area contributed by atoms with Gasteiger partial charge in [-0.25, -0.2) is 0 Å². The lowest BCUT2D eigenvalue weighted by Gasteiger charge is -2.10. The van der Waals surface area contributed by atoms with Crippen LogP contribution in [0.15, 0.2) is 23.2 Å². The van der Waals surface area contributed by atoms with Gasteiger partial charge in [-0.3, -0.25) is 4.99 Å². The average Bonchev–Trinajstić information content (AvgIpc) is 3.08. The van der Waals surface area contributed by atoms with E-state index in [0.717, 1.165) is 55.9 Å². The van der Waals surface area contributed by atoms with Gasteiger partial charge in [0.1, 0.15) is 0 Å². The maximum absolute atomic E-state index is 5.88. The van der Waals surface area contributed by atoms with E-state index in [1.807, 2.05) is 18.2 Å². The number of guanidine groups is 1. The lowest BCUT2D eigenvalue weighted by Crippen LogP contribution is -2.33. The highest BCUT2D eigenvalue weighted by Gasteiger charge is 2.14. The second kappa shape index (κ2) is 9.25. The summed E-state index contributed by atoms with van der Waals surface area (Å²) in [5, 5.41) is 3.14. The number of hydrogen-bond acceptors (Lipinski definition) is 4. The molecule has 23 heavy (non-hydrogen) atoms. The van der Waals surface area contributed by atoms with Crippen molar-refractivity contribution in [3.8, 4) is 11.5 Å². The van der Waals surface area contributed by atoms with Gasteiger partial charge >= 0.3 is 0 Å². The number of nitrogens with two attached hydrogens (primary N) is 1. The number of rotatable bonds is 8. The van der Waals surface area contributed by atoms with Crippen molar-refractivity contribution in [1.82, 2.24) is 5.32 Å². The van der Waals surface area contributed by atoms with Gasteiger partial charge in [-0.1, -0.05) is 6.07 Å². The van der Waals surface area contributed by atoms with E-state index in [9.17, 15) is 0 Å². The maximum Gasteiger partial charge on any atom is 0.188 e. The van der Waals surface area contributed by atoms with Crippen LogP contribution in [-0.4, -0.2) is 46.0 Å². The molecular weight excluding hydrogens is 294 g/mol. The highest BCUT2D eigenvalue weighted by atomic mass is 16.5. The normalized spacial score (nSPS) is 18.0. The van der Waals surface area contributed by atoms with Crippen LogP contribution in [-0.2, 0) is 11.2 Å². The zero-order chi connectivity index (χ0) is 16.5. The third kappa shape index (κ3) is 5.63. The smallest absolute Gasteiger partial charge is 0.188 e. The number of aliphatic imine (C=N–C) groups is 1. The topological polar surface area (TPSA) is 78.1 Å². The molecule has 3 N–H and O–H groups in total. The Kier molecular flexibility index (Phi) is 7.00. The summed E-state index contributed by atoms with van der Waals surface area (Å²) < 4.78 is 16.1. The van der Waals surface area contributed by atoms with Gasteiger partial charge in [0.05, 0.1) is 20.3 Å². The minimum absolute atomic E-state index is 0.360. The molecule has 2 rings (SSSR count). The molecule has 1 aromatic carbocycles. The highest BCUT2D eigenvalue weighted by Crippen LogP contribution is 2.27. The van der Waals surface area contributed by atoms with Crippen molar-refractivity contribution in [3.63, 3.8) is 0 Å². The summed E-state index contributed by atoms with van der Waals surface area (Å²) in [7, 11) is 3.27. The summed E-state index contributed by atoms with van der Waals surface area (Å²) in [5.74, 6) is 1.96. The van der Waals surface area contributed by atoms with Gasteiger partial charge in [0.15, 0.2) is 17.5 Å². The van der Waals surface area contributed by atoms with Gasteiger partial charge in [-0.15, -0.1) is 0 Å². The minimum atomic E-state index is 0.360. The molecule has 1 aromatic rings. The molecule has 1 fully saturated rings. The van der Waals surface area contributed by atoms with Crippen LogP contribution in [0.2, 0.25) is 0 Å². The molecule has 0 aliphatic carbocycles. The van der Waals surface area contributed by atoms with Gasteiger partial charge in [0.25, 0.3) is 0 Å². The van der Waals surface area contributed by atoms with Gasteiger partial charge in [0, 0.05) is 19.7 Å². The lowest BCUT2D eigenvalue weighted by molar-refractivity contribution is 0.106. The van der Waals surface area contributed by atoms with Gasteiger partial charge in [-0.2, -0.15) is 0 Å². The standard InChI is InChI=1S/C17H27N3O3/c1-21-15-6-5-13(12-16(15)22-2)7-9-19-17(18)20-10-8-14-4-3-11-23-14/h5-6,12,14H,3-4,7-11H2,1-2H3,(H3,18,19,20). The molecule has 1 heterocycles. The van der Waals surface area contributed by atoms with Crippen molar-refractivity contribution < 1.29 is 14.2 Å². The number of ether oxygens (including phenoxy) is 3. The summed E-state index contributed by atoms with van der Waals surface area (Å²) in [6, 6.07) is 5.91. The molecule has 1 saturated heterocycles. The second-order valence-electron chi connectivity index (χ2n) is 5.56. The van der Waals surface area contributed by atoms with E-state index in [0.29, 0.717) is 18.6 Å². The molecule has 0 radical (unpaired) electrons. The Morgan fingerprint density at radius 1 is 1.35 bits per heavy atom. The summed E-state index contributed by atoms with van der Waals surface area (Å²) in [6.45, 7) is 2.32. The molecule has 128 valence electrons. The Bertz CT molecular complexity index is 514. The predicted molar refractivity (Wildman–Crippen MR) is 91.3 cm³/mol. The van der Waals surface area contributed by atoms with Crippen molar-refractivity contribution >= 4 is 5.96 Å². The van der Waals surface area contributed by atoms with E-state index in [-0.39, 0.29) is 0 Å². The number of nitrogens with one attached hydrogen (secondary N) is 1. The first-order chi connectivity index (χ1) is 11.2. The van der Waals surface area contributed by atoms with Crippen molar-refractivity contribution in [1.29, 1.82) is 0 Å². The van der Waals surface area contributed by atoms with Crippen molar-refractivity contribution in [2.45, 2.75) is 31.8 Å². The van der Waals surface area contributed by atoms with Crippen LogP contribution < -0.4 is 20.5 Å². The quantitative estimate of drug-likeness (QED) is 0.563. The largest absolute Gasteiger partial charge is 0.493 e. The Hall–Kier alpha value is -1.95. The third-order valence-corrected chi connectivity index (χ3v) is 3.92. The molecule has 0 saturated carbocycles. The number of methoxy groups -OCH3 is 2. The molecule has 6 heteroatoms. The van der Waals surface area contributed by atoms with Crippen LogP contribution in [0.5, 0.6) is 11.5 Å². The fraction of sp³-hybridized carbons (Fsp3) is 0.588. The fourth-order valence-electron chi connectivity index (χ4n) is 2.63. The zero-order valence-electron chi connectivity index (χ0n) is 14.0. The van der Waals surface area contributed by atoms with Crippen LogP contribution in [0.1, 0.15) is 24.8 Å². The fourth-order valence-corrected chi connectivity index (χ4v) is 2.63. The van der Waals surface area contributed by atoms with E-state index in [4.69, 9.17) is 19.9 Å². The maximum atomic E-state index is 5.88. The van der Waals surface area contributed by atoms with E-state index < -0.39 is 0 Å². The monoisotopic (exact) mass is 321 g/mol. The van der Waals surface area contributed by atoms with Crippen molar-refractivity contribution in [2.75, 3.05) is 33.9 Å². The molecule has 1 atom stereocenters. The molecule has 1 unspecified atom stereocenters. The zero-order valence-corrected chi connectivity index (χ0v) is 14.0. The SMILES string of the molecule is COc1ccc(CCNC(N)=NCCC2CCCO2)cc1OC. The molecule has 1 aliphatic rings. The van der Waals surface area contributed by atoms with Gasteiger partial charge < -0.3 is 25.3 Å². The van der Waals surface area contributed by atoms with Crippen LogP contribution in [0.3, 0.4) is 0 Å². The molecule has 1 aliphatic heterocycles. The summed E-state index contributed by atoms with van der Waals surface area (Å²) >= 11 is 0. The van der Waals surface area contributed by atoms with Crippen molar-refractivity contribution in [3.05, 3.63) is 23.8 Å². The van der Waals surface area contributed by atoms with Crippen LogP contribution in [0.25, 0.3) is 0 Å². The minimum Gasteiger partial charge on any atom is -0.493 e. The van der Waals surface area contributed by atoms with E-state index in [1.165, 1.54) is 0 Å². The van der Waals surface area contributed by atoms with Crippen LogP contribution in [0.4, 0.5) is 0 Å². The Morgan fingerprint density at radius 3 is 2.87 bits per heavy atom. The Morgan fingerprint density at radius 2 is 2.17 bits per heavy atom. The lowest BCUT2D eigenvalue weighted by atomic mass is 10.1. The van der Waals surface area contributed by atoms with Gasteiger partial charge in [0.2, 0.25) is 0 Å². The van der Waals surface area contributed by atoms with Crippen molar-refractivity contribution in [2.24, 2.45) is 10.7 Å².